The van der Waals surface area contributed by atoms with E-state index in [0.717, 1.165) is 41.4 Å². The lowest BCUT2D eigenvalue weighted by Crippen LogP contribution is -2.48. The van der Waals surface area contributed by atoms with E-state index in [1.54, 1.807) is 6.07 Å². The molecule has 0 spiro atoms. The van der Waals surface area contributed by atoms with Crippen LogP contribution < -0.4 is 4.74 Å². The van der Waals surface area contributed by atoms with E-state index in [2.05, 4.69) is 24.8 Å². The standard InChI is InChI=1S/C25H26Cl2N2O2S/c1-17-9-18(2)11-22(10-17)31-15-19-12-24(32-16-19)25(30)29-7-5-28(6-8-29)14-20-3-4-21(26)13-23(20)27/h3-4,9-13,16H,5-8,14-15H2,1-2H3. The van der Waals surface area contributed by atoms with Crippen molar-refractivity contribution in [2.75, 3.05) is 26.2 Å². The van der Waals surface area contributed by atoms with Gasteiger partial charge >= 0.3 is 0 Å². The zero-order valence-electron chi connectivity index (χ0n) is 18.2. The van der Waals surface area contributed by atoms with Crippen molar-refractivity contribution >= 4 is 40.4 Å². The number of thiophene rings is 1. The summed E-state index contributed by atoms with van der Waals surface area (Å²) >= 11 is 13.8. The zero-order chi connectivity index (χ0) is 22.7. The summed E-state index contributed by atoms with van der Waals surface area (Å²) in [6.45, 7) is 8.39. The molecule has 1 aliphatic rings. The van der Waals surface area contributed by atoms with Crippen molar-refractivity contribution in [2.45, 2.75) is 27.0 Å². The molecule has 168 valence electrons. The first-order chi connectivity index (χ1) is 15.4. The zero-order valence-corrected chi connectivity index (χ0v) is 20.6. The van der Waals surface area contributed by atoms with E-state index in [1.165, 1.54) is 22.5 Å². The van der Waals surface area contributed by atoms with Crippen LogP contribution in [0.25, 0.3) is 0 Å². The Hall–Kier alpha value is -2.05. The molecule has 1 aliphatic heterocycles. The number of piperazine rings is 1. The number of hydrogen-bond donors (Lipinski definition) is 0. The molecule has 3 aromatic rings. The van der Waals surface area contributed by atoms with Gasteiger partial charge in [0, 0.05) is 48.3 Å². The Morgan fingerprint density at radius 2 is 1.72 bits per heavy atom. The molecule has 2 heterocycles. The second kappa shape index (κ2) is 10.3. The molecule has 1 saturated heterocycles. The minimum absolute atomic E-state index is 0.0943. The third-order valence-corrected chi connectivity index (χ3v) is 7.09. The highest BCUT2D eigenvalue weighted by molar-refractivity contribution is 7.12. The Kier molecular flexibility index (Phi) is 7.41. The molecule has 7 heteroatoms. The summed E-state index contributed by atoms with van der Waals surface area (Å²) in [5.74, 6) is 0.954. The summed E-state index contributed by atoms with van der Waals surface area (Å²) in [5.41, 5.74) is 4.44. The van der Waals surface area contributed by atoms with Crippen LogP contribution in [0, 0.1) is 13.8 Å². The summed E-state index contributed by atoms with van der Waals surface area (Å²) in [7, 11) is 0. The van der Waals surface area contributed by atoms with Gasteiger partial charge in [-0.1, -0.05) is 35.3 Å². The number of hydrogen-bond acceptors (Lipinski definition) is 4. The topological polar surface area (TPSA) is 32.8 Å². The maximum atomic E-state index is 13.0. The van der Waals surface area contributed by atoms with Gasteiger partial charge in [0.05, 0.1) is 4.88 Å². The maximum absolute atomic E-state index is 13.0. The normalized spacial score (nSPS) is 14.6. The molecule has 1 aromatic heterocycles. The molecule has 32 heavy (non-hydrogen) atoms. The first-order valence-electron chi connectivity index (χ1n) is 10.6. The molecule has 4 rings (SSSR count). The predicted octanol–water partition coefficient (Wildman–Crippen LogP) is 6.21. The Morgan fingerprint density at radius 3 is 2.41 bits per heavy atom. The number of carbonyl (C=O) groups excluding carboxylic acids is 1. The number of benzene rings is 2. The largest absolute Gasteiger partial charge is 0.489 e. The molecule has 0 N–H and O–H groups in total. The number of rotatable bonds is 6. The van der Waals surface area contributed by atoms with E-state index >= 15 is 0 Å². The van der Waals surface area contributed by atoms with Gasteiger partial charge in [-0.25, -0.2) is 0 Å². The molecule has 0 unspecified atom stereocenters. The quantitative estimate of drug-likeness (QED) is 0.413. The van der Waals surface area contributed by atoms with Crippen LogP contribution in [0.3, 0.4) is 0 Å². The van der Waals surface area contributed by atoms with Gasteiger partial charge in [-0.15, -0.1) is 11.3 Å². The van der Waals surface area contributed by atoms with Crippen LogP contribution >= 0.6 is 34.5 Å². The van der Waals surface area contributed by atoms with Gasteiger partial charge < -0.3 is 9.64 Å². The average molecular weight is 489 g/mol. The molecule has 0 saturated carbocycles. The van der Waals surface area contributed by atoms with Gasteiger partial charge in [-0.05, 0) is 66.2 Å². The third kappa shape index (κ3) is 5.84. The summed E-state index contributed by atoms with van der Waals surface area (Å²) in [4.78, 5) is 18.0. The van der Waals surface area contributed by atoms with E-state index < -0.39 is 0 Å². The summed E-state index contributed by atoms with van der Waals surface area (Å²) in [6, 6.07) is 13.7. The van der Waals surface area contributed by atoms with Crippen LogP contribution in [-0.4, -0.2) is 41.9 Å². The van der Waals surface area contributed by atoms with Crippen LogP contribution in [-0.2, 0) is 13.2 Å². The van der Waals surface area contributed by atoms with Crippen molar-refractivity contribution in [3.63, 3.8) is 0 Å². The van der Waals surface area contributed by atoms with Crippen molar-refractivity contribution in [2.24, 2.45) is 0 Å². The van der Waals surface area contributed by atoms with Gasteiger partial charge in [-0.3, -0.25) is 9.69 Å². The monoisotopic (exact) mass is 488 g/mol. The van der Waals surface area contributed by atoms with Crippen molar-refractivity contribution in [1.29, 1.82) is 0 Å². The number of halogens is 2. The Balaban J connectivity index is 1.29. The maximum Gasteiger partial charge on any atom is 0.264 e. The van der Waals surface area contributed by atoms with Crippen molar-refractivity contribution in [3.8, 4) is 5.75 Å². The highest BCUT2D eigenvalue weighted by atomic mass is 35.5. The fourth-order valence-corrected chi connectivity index (χ4v) is 5.23. The SMILES string of the molecule is Cc1cc(C)cc(OCc2csc(C(=O)N3CCN(Cc4ccc(Cl)cc4Cl)CC3)c2)c1. The molecule has 0 atom stereocenters. The van der Waals surface area contributed by atoms with Gasteiger partial charge in [0.25, 0.3) is 5.91 Å². The van der Waals surface area contributed by atoms with Crippen molar-refractivity contribution in [1.82, 2.24) is 9.80 Å². The number of carbonyl (C=O) groups is 1. The van der Waals surface area contributed by atoms with E-state index in [0.29, 0.717) is 29.7 Å². The van der Waals surface area contributed by atoms with Crippen molar-refractivity contribution in [3.05, 3.63) is 85.0 Å². The number of nitrogens with zero attached hydrogens (tertiary/aromatic N) is 2. The number of ether oxygens (including phenoxy) is 1. The number of amides is 1. The van der Waals surface area contributed by atoms with Crippen LogP contribution in [0.1, 0.15) is 31.9 Å². The van der Waals surface area contributed by atoms with Gasteiger partial charge in [-0.2, -0.15) is 0 Å². The lowest BCUT2D eigenvalue weighted by atomic mass is 10.1. The van der Waals surface area contributed by atoms with Crippen LogP contribution in [0.2, 0.25) is 10.0 Å². The average Bonchev–Trinajstić information content (AvgIpc) is 3.23. The molecule has 0 aliphatic carbocycles. The predicted molar refractivity (Wildman–Crippen MR) is 132 cm³/mol. The van der Waals surface area contributed by atoms with Crippen LogP contribution in [0.5, 0.6) is 5.75 Å². The lowest BCUT2D eigenvalue weighted by molar-refractivity contribution is 0.0633. The minimum atomic E-state index is 0.0943. The van der Waals surface area contributed by atoms with Crippen LogP contribution in [0.15, 0.2) is 47.8 Å². The number of aryl methyl sites for hydroxylation is 2. The Labute approximate surface area is 203 Å². The van der Waals surface area contributed by atoms with Gasteiger partial charge in [0.1, 0.15) is 12.4 Å². The molecular formula is C25H26Cl2N2O2S. The second-order valence-electron chi connectivity index (χ2n) is 8.24. The van der Waals surface area contributed by atoms with E-state index in [9.17, 15) is 4.79 Å². The highest BCUT2D eigenvalue weighted by Crippen LogP contribution is 2.24. The van der Waals surface area contributed by atoms with Crippen molar-refractivity contribution < 1.29 is 9.53 Å². The molecule has 1 amide bonds. The molecule has 0 bridgehead atoms. The Morgan fingerprint density at radius 1 is 1.00 bits per heavy atom. The molecular weight excluding hydrogens is 463 g/mol. The van der Waals surface area contributed by atoms with Gasteiger partial charge in [0.15, 0.2) is 0 Å². The summed E-state index contributed by atoms with van der Waals surface area (Å²) in [5, 5.41) is 3.34. The Bertz CT molecular complexity index is 1090. The van der Waals surface area contributed by atoms with E-state index in [4.69, 9.17) is 27.9 Å². The molecule has 0 radical (unpaired) electrons. The summed E-state index contributed by atoms with van der Waals surface area (Å²) < 4.78 is 5.94. The lowest BCUT2D eigenvalue weighted by Gasteiger charge is -2.34. The molecule has 2 aromatic carbocycles. The fourth-order valence-electron chi connectivity index (χ4n) is 3.90. The van der Waals surface area contributed by atoms with Crippen LogP contribution in [0.4, 0.5) is 0 Å². The smallest absolute Gasteiger partial charge is 0.264 e. The third-order valence-electron chi connectivity index (χ3n) is 5.53. The van der Waals surface area contributed by atoms with Gasteiger partial charge in [0.2, 0.25) is 0 Å². The first-order valence-corrected chi connectivity index (χ1v) is 12.2. The molecule has 4 nitrogen and oxygen atoms in total. The second-order valence-corrected chi connectivity index (χ2v) is 9.99. The fraction of sp³-hybridized carbons (Fsp3) is 0.320. The van der Waals surface area contributed by atoms with E-state index in [1.807, 2.05) is 40.6 Å². The summed E-state index contributed by atoms with van der Waals surface area (Å²) in [6.07, 6.45) is 0. The first kappa shape index (κ1) is 23.1. The molecule has 1 fully saturated rings. The highest BCUT2D eigenvalue weighted by Gasteiger charge is 2.23. The minimum Gasteiger partial charge on any atom is -0.489 e. The van der Waals surface area contributed by atoms with E-state index in [-0.39, 0.29) is 5.91 Å².